The van der Waals surface area contributed by atoms with E-state index in [9.17, 15) is 0 Å². The van der Waals surface area contributed by atoms with Crippen molar-refractivity contribution in [2.75, 3.05) is 20.6 Å². The summed E-state index contributed by atoms with van der Waals surface area (Å²) in [6.45, 7) is 1.01. The van der Waals surface area contributed by atoms with Crippen molar-refractivity contribution in [3.8, 4) is 0 Å². The van der Waals surface area contributed by atoms with Crippen LogP contribution >= 0.6 is 0 Å². The van der Waals surface area contributed by atoms with E-state index in [2.05, 4.69) is 24.2 Å². The van der Waals surface area contributed by atoms with Gasteiger partial charge in [-0.25, -0.2) is 0 Å². The third kappa shape index (κ3) is 2.48. The summed E-state index contributed by atoms with van der Waals surface area (Å²) in [5, 5.41) is 12.1. The van der Waals surface area contributed by atoms with Gasteiger partial charge in [0.25, 0.3) is 0 Å². The lowest BCUT2D eigenvalue weighted by Gasteiger charge is -2.25. The van der Waals surface area contributed by atoms with Crippen LogP contribution in [0.1, 0.15) is 25.7 Å². The smallest absolute Gasteiger partial charge is 0.0614 e. The highest BCUT2D eigenvalue weighted by atomic mass is 16.4. The topological polar surface area (TPSA) is 35.8 Å². The van der Waals surface area contributed by atoms with Crippen LogP contribution in [0.3, 0.4) is 0 Å². The molecule has 1 rings (SSSR count). The molecule has 0 spiro atoms. The quantitative estimate of drug-likeness (QED) is 0.504. The average Bonchev–Trinajstić information content (AvgIpc) is 2.04. The predicted octanol–water partition coefficient (Wildman–Crippen LogP) is 1.57. The second-order valence-electron chi connectivity index (χ2n) is 3.80. The van der Waals surface area contributed by atoms with Gasteiger partial charge >= 0.3 is 0 Å². The molecule has 1 atom stereocenters. The SMILES string of the molecule is CN(C)CC1CCCC/C1=N\O. The van der Waals surface area contributed by atoms with E-state index in [1.54, 1.807) is 0 Å². The lowest BCUT2D eigenvalue weighted by Crippen LogP contribution is -2.30. The largest absolute Gasteiger partial charge is 0.411 e. The van der Waals surface area contributed by atoms with Gasteiger partial charge in [-0.2, -0.15) is 0 Å². The van der Waals surface area contributed by atoms with Crippen molar-refractivity contribution in [2.45, 2.75) is 25.7 Å². The molecule has 1 saturated carbocycles. The van der Waals surface area contributed by atoms with Crippen molar-refractivity contribution in [1.82, 2.24) is 4.90 Å². The minimum Gasteiger partial charge on any atom is -0.411 e. The Bertz CT molecular complexity index is 166. The lowest BCUT2D eigenvalue weighted by molar-refractivity contribution is 0.295. The van der Waals surface area contributed by atoms with E-state index in [0.29, 0.717) is 5.92 Å². The lowest BCUT2D eigenvalue weighted by atomic mass is 9.87. The van der Waals surface area contributed by atoms with E-state index in [0.717, 1.165) is 18.7 Å². The summed E-state index contributed by atoms with van der Waals surface area (Å²) in [5.74, 6) is 0.485. The van der Waals surface area contributed by atoms with Crippen molar-refractivity contribution in [3.63, 3.8) is 0 Å². The molecule has 0 aromatic carbocycles. The molecule has 0 aromatic rings. The van der Waals surface area contributed by atoms with Gasteiger partial charge in [0.05, 0.1) is 5.71 Å². The Morgan fingerprint density at radius 1 is 1.50 bits per heavy atom. The van der Waals surface area contributed by atoms with Crippen molar-refractivity contribution >= 4 is 5.71 Å². The van der Waals surface area contributed by atoms with E-state index < -0.39 is 0 Å². The number of hydrogen-bond donors (Lipinski definition) is 1. The maximum Gasteiger partial charge on any atom is 0.0614 e. The highest BCUT2D eigenvalue weighted by molar-refractivity contribution is 5.87. The van der Waals surface area contributed by atoms with Crippen LogP contribution < -0.4 is 0 Å². The molecule has 1 aliphatic carbocycles. The van der Waals surface area contributed by atoms with Gasteiger partial charge in [0.15, 0.2) is 0 Å². The van der Waals surface area contributed by atoms with Gasteiger partial charge in [-0.3, -0.25) is 0 Å². The molecule has 0 aromatic heterocycles. The third-order valence-corrected chi connectivity index (χ3v) is 2.42. The molecule has 12 heavy (non-hydrogen) atoms. The molecule has 0 aliphatic heterocycles. The monoisotopic (exact) mass is 170 g/mol. The summed E-state index contributed by atoms with van der Waals surface area (Å²) in [4.78, 5) is 2.15. The minimum atomic E-state index is 0.485. The normalized spacial score (nSPS) is 28.2. The Balaban J connectivity index is 2.48. The van der Waals surface area contributed by atoms with E-state index in [4.69, 9.17) is 5.21 Å². The molecule has 3 heteroatoms. The third-order valence-electron chi connectivity index (χ3n) is 2.42. The van der Waals surface area contributed by atoms with Crippen molar-refractivity contribution in [1.29, 1.82) is 0 Å². The highest BCUT2D eigenvalue weighted by Gasteiger charge is 2.21. The molecule has 0 amide bonds. The first-order valence-electron chi connectivity index (χ1n) is 4.59. The highest BCUT2D eigenvalue weighted by Crippen LogP contribution is 2.21. The standard InChI is InChI=1S/C9H18N2O/c1-11(2)7-8-5-3-4-6-9(8)10-12/h8,12H,3-7H2,1-2H3/b10-9+. The zero-order chi connectivity index (χ0) is 8.97. The predicted molar refractivity (Wildman–Crippen MR) is 49.7 cm³/mol. The molecule has 1 fully saturated rings. The van der Waals surface area contributed by atoms with Crippen LogP contribution in [0.5, 0.6) is 0 Å². The fourth-order valence-electron chi connectivity index (χ4n) is 1.84. The maximum absolute atomic E-state index is 8.74. The van der Waals surface area contributed by atoms with Crippen LogP contribution in [0.25, 0.3) is 0 Å². The molecule has 1 unspecified atom stereocenters. The van der Waals surface area contributed by atoms with Crippen LogP contribution in [0.4, 0.5) is 0 Å². The minimum absolute atomic E-state index is 0.485. The van der Waals surface area contributed by atoms with E-state index in [-0.39, 0.29) is 0 Å². The van der Waals surface area contributed by atoms with Crippen molar-refractivity contribution in [3.05, 3.63) is 0 Å². The fourth-order valence-corrected chi connectivity index (χ4v) is 1.84. The molecule has 0 radical (unpaired) electrons. The zero-order valence-electron chi connectivity index (χ0n) is 7.95. The maximum atomic E-state index is 8.74. The average molecular weight is 170 g/mol. The summed E-state index contributed by atoms with van der Waals surface area (Å²) in [5.41, 5.74) is 0.995. The number of rotatable bonds is 2. The number of nitrogens with zero attached hydrogens (tertiary/aromatic N) is 2. The van der Waals surface area contributed by atoms with Crippen molar-refractivity contribution in [2.24, 2.45) is 11.1 Å². The molecule has 0 saturated heterocycles. The summed E-state index contributed by atoms with van der Waals surface area (Å²) >= 11 is 0. The van der Waals surface area contributed by atoms with Crippen LogP contribution in [0.15, 0.2) is 5.16 Å². The summed E-state index contributed by atoms with van der Waals surface area (Å²) in [6.07, 6.45) is 4.62. The molecular weight excluding hydrogens is 152 g/mol. The Kier molecular flexibility index (Phi) is 3.53. The van der Waals surface area contributed by atoms with Gasteiger partial charge in [0, 0.05) is 12.5 Å². The molecule has 3 nitrogen and oxygen atoms in total. The van der Waals surface area contributed by atoms with E-state index >= 15 is 0 Å². The number of oxime groups is 1. The molecule has 0 bridgehead atoms. The van der Waals surface area contributed by atoms with Gasteiger partial charge in [-0.1, -0.05) is 11.6 Å². The Labute approximate surface area is 74.1 Å². The molecule has 70 valence electrons. The Morgan fingerprint density at radius 2 is 2.25 bits per heavy atom. The summed E-state index contributed by atoms with van der Waals surface area (Å²) in [6, 6.07) is 0. The first-order valence-corrected chi connectivity index (χ1v) is 4.59. The molecular formula is C9H18N2O. The van der Waals surface area contributed by atoms with Crippen LogP contribution in [0.2, 0.25) is 0 Å². The Morgan fingerprint density at radius 3 is 2.83 bits per heavy atom. The van der Waals surface area contributed by atoms with E-state index in [1.165, 1.54) is 19.3 Å². The first-order chi connectivity index (χ1) is 5.74. The second kappa shape index (κ2) is 4.45. The van der Waals surface area contributed by atoms with Crippen LogP contribution in [0, 0.1) is 5.92 Å². The van der Waals surface area contributed by atoms with Gasteiger partial charge in [-0.15, -0.1) is 0 Å². The second-order valence-corrected chi connectivity index (χ2v) is 3.80. The van der Waals surface area contributed by atoms with Gasteiger partial charge in [0.2, 0.25) is 0 Å². The zero-order valence-corrected chi connectivity index (χ0v) is 7.95. The van der Waals surface area contributed by atoms with Gasteiger partial charge < -0.3 is 10.1 Å². The molecule has 1 N–H and O–H groups in total. The fraction of sp³-hybridized carbons (Fsp3) is 0.889. The van der Waals surface area contributed by atoms with Crippen LogP contribution in [-0.2, 0) is 0 Å². The van der Waals surface area contributed by atoms with Crippen LogP contribution in [-0.4, -0.2) is 36.5 Å². The first kappa shape index (κ1) is 9.52. The summed E-state index contributed by atoms with van der Waals surface area (Å²) < 4.78 is 0. The molecule has 1 aliphatic rings. The molecule has 0 heterocycles. The van der Waals surface area contributed by atoms with Gasteiger partial charge in [-0.05, 0) is 33.4 Å². The van der Waals surface area contributed by atoms with Crippen molar-refractivity contribution < 1.29 is 5.21 Å². The summed E-state index contributed by atoms with van der Waals surface area (Å²) in [7, 11) is 4.12. The Hall–Kier alpha value is -0.570. The number of hydrogen-bond acceptors (Lipinski definition) is 3. The van der Waals surface area contributed by atoms with Gasteiger partial charge in [0.1, 0.15) is 0 Å². The van der Waals surface area contributed by atoms with E-state index in [1.807, 2.05) is 0 Å².